The monoisotopic (exact) mass is 258 g/mol. The molecule has 0 radical (unpaired) electrons. The number of hydrogen-bond donors (Lipinski definition) is 1. The fourth-order valence-electron chi connectivity index (χ4n) is 2.67. The van der Waals surface area contributed by atoms with E-state index in [0.717, 1.165) is 24.0 Å². The third-order valence-electron chi connectivity index (χ3n) is 3.44. The van der Waals surface area contributed by atoms with Gasteiger partial charge in [0.25, 0.3) is 0 Å². The highest BCUT2D eigenvalue weighted by molar-refractivity contribution is 5.47. The lowest BCUT2D eigenvalue weighted by molar-refractivity contribution is -0.150. The van der Waals surface area contributed by atoms with Crippen molar-refractivity contribution in [1.82, 2.24) is 4.90 Å². The molecule has 0 spiro atoms. The zero-order valence-corrected chi connectivity index (χ0v) is 10.3. The van der Waals surface area contributed by atoms with Crippen molar-refractivity contribution >= 4 is 5.69 Å². The summed E-state index contributed by atoms with van der Waals surface area (Å²) in [7, 11) is 0. The molecule has 18 heavy (non-hydrogen) atoms. The highest BCUT2D eigenvalue weighted by Gasteiger charge is 2.35. The highest BCUT2D eigenvalue weighted by Crippen LogP contribution is 2.37. The number of aryl methyl sites for hydroxylation is 1. The van der Waals surface area contributed by atoms with Gasteiger partial charge in [-0.1, -0.05) is 13.0 Å². The largest absolute Gasteiger partial charge is 0.401 e. The number of halogens is 3. The second-order valence-corrected chi connectivity index (χ2v) is 4.69. The van der Waals surface area contributed by atoms with Gasteiger partial charge in [0.1, 0.15) is 0 Å². The van der Waals surface area contributed by atoms with Crippen LogP contribution in [0.4, 0.5) is 18.9 Å². The number of hydrogen-bond acceptors (Lipinski definition) is 2. The average molecular weight is 258 g/mol. The van der Waals surface area contributed by atoms with Crippen molar-refractivity contribution in [3.8, 4) is 0 Å². The Morgan fingerprint density at radius 2 is 2.11 bits per heavy atom. The maximum absolute atomic E-state index is 12.5. The fourth-order valence-corrected chi connectivity index (χ4v) is 2.67. The Morgan fingerprint density at radius 3 is 2.72 bits per heavy atom. The van der Waals surface area contributed by atoms with Crippen LogP contribution < -0.4 is 5.73 Å². The molecule has 1 aromatic rings. The summed E-state index contributed by atoms with van der Waals surface area (Å²) in [5, 5.41) is 0. The van der Waals surface area contributed by atoms with E-state index in [-0.39, 0.29) is 6.04 Å². The van der Waals surface area contributed by atoms with E-state index in [4.69, 9.17) is 5.73 Å². The van der Waals surface area contributed by atoms with Crippen molar-refractivity contribution < 1.29 is 13.2 Å². The second-order valence-electron chi connectivity index (χ2n) is 4.69. The van der Waals surface area contributed by atoms with Gasteiger partial charge in [-0.3, -0.25) is 4.90 Å². The van der Waals surface area contributed by atoms with Crippen LogP contribution in [-0.4, -0.2) is 24.2 Å². The van der Waals surface area contributed by atoms with Crippen LogP contribution in [0.3, 0.4) is 0 Å². The van der Waals surface area contributed by atoms with Crippen LogP contribution >= 0.6 is 0 Å². The van der Waals surface area contributed by atoms with E-state index < -0.39 is 12.7 Å². The fraction of sp³-hybridized carbons (Fsp3) is 0.538. The lowest BCUT2D eigenvalue weighted by Gasteiger charge is -2.29. The van der Waals surface area contributed by atoms with Gasteiger partial charge < -0.3 is 5.73 Å². The molecule has 0 bridgehead atoms. The van der Waals surface area contributed by atoms with E-state index in [0.29, 0.717) is 12.2 Å². The van der Waals surface area contributed by atoms with Crippen molar-refractivity contribution in [2.24, 2.45) is 0 Å². The smallest absolute Gasteiger partial charge is 0.399 e. The molecule has 0 saturated heterocycles. The average Bonchev–Trinajstić information content (AvgIpc) is 2.67. The molecular formula is C13H17F3N2. The van der Waals surface area contributed by atoms with Gasteiger partial charge in [0.05, 0.1) is 6.54 Å². The molecule has 2 rings (SSSR count). The zero-order valence-electron chi connectivity index (χ0n) is 10.3. The number of alkyl halides is 3. The van der Waals surface area contributed by atoms with Gasteiger partial charge in [-0.05, 0) is 42.6 Å². The predicted octanol–water partition coefficient (Wildman–Crippen LogP) is 3.14. The number of fused-ring (bicyclic) bond motifs is 1. The first-order valence-corrected chi connectivity index (χ1v) is 6.10. The minimum Gasteiger partial charge on any atom is -0.399 e. The summed E-state index contributed by atoms with van der Waals surface area (Å²) in [5.41, 5.74) is 8.45. The quantitative estimate of drug-likeness (QED) is 0.844. The van der Waals surface area contributed by atoms with Crippen LogP contribution in [0.2, 0.25) is 0 Å². The first-order valence-electron chi connectivity index (χ1n) is 6.10. The van der Waals surface area contributed by atoms with Gasteiger partial charge >= 0.3 is 6.18 Å². The molecule has 1 aliphatic carbocycles. The molecule has 0 aliphatic heterocycles. The van der Waals surface area contributed by atoms with Crippen LogP contribution in [0.5, 0.6) is 0 Å². The van der Waals surface area contributed by atoms with E-state index in [1.165, 1.54) is 4.90 Å². The van der Waals surface area contributed by atoms with Gasteiger partial charge in [-0.15, -0.1) is 0 Å². The molecule has 0 heterocycles. The Labute approximate surface area is 105 Å². The number of nitrogens with zero attached hydrogens (tertiary/aromatic N) is 1. The van der Waals surface area contributed by atoms with Gasteiger partial charge in [0, 0.05) is 11.7 Å². The molecule has 0 fully saturated rings. The molecule has 0 saturated carbocycles. The maximum Gasteiger partial charge on any atom is 0.401 e. The molecule has 2 nitrogen and oxygen atoms in total. The van der Waals surface area contributed by atoms with Crippen LogP contribution in [0.15, 0.2) is 18.2 Å². The Bertz CT molecular complexity index is 429. The number of anilines is 1. The summed E-state index contributed by atoms with van der Waals surface area (Å²) in [5.74, 6) is 0. The molecule has 1 atom stereocenters. The third-order valence-corrected chi connectivity index (χ3v) is 3.44. The molecule has 1 aromatic carbocycles. The first-order chi connectivity index (χ1) is 8.40. The van der Waals surface area contributed by atoms with E-state index in [2.05, 4.69) is 0 Å². The lowest BCUT2D eigenvalue weighted by Crippen LogP contribution is -2.36. The standard InChI is InChI=1S/C13H17F3N2/c1-2-18(8-13(14,15)16)12-6-3-9-7-10(17)4-5-11(9)12/h4-5,7,12H,2-3,6,8,17H2,1H3. The first kappa shape index (κ1) is 13.2. The maximum atomic E-state index is 12.5. The number of nitrogen functional groups attached to an aromatic ring is 1. The Hall–Kier alpha value is -1.23. The SMILES string of the molecule is CCN(CC(F)(F)F)C1CCc2cc(N)ccc21. The van der Waals surface area contributed by atoms with Crippen LogP contribution in [0.1, 0.15) is 30.5 Å². The molecule has 1 aliphatic rings. The van der Waals surface area contributed by atoms with Crippen molar-refractivity contribution in [1.29, 1.82) is 0 Å². The molecule has 0 amide bonds. The normalized spacial score (nSPS) is 19.3. The van der Waals surface area contributed by atoms with E-state index in [9.17, 15) is 13.2 Å². The van der Waals surface area contributed by atoms with Gasteiger partial charge in [-0.2, -0.15) is 13.2 Å². The predicted molar refractivity (Wildman–Crippen MR) is 65.2 cm³/mol. The van der Waals surface area contributed by atoms with Crippen LogP contribution in [0.25, 0.3) is 0 Å². The van der Waals surface area contributed by atoms with E-state index in [1.54, 1.807) is 13.0 Å². The molecule has 100 valence electrons. The number of benzene rings is 1. The highest BCUT2D eigenvalue weighted by atomic mass is 19.4. The van der Waals surface area contributed by atoms with Gasteiger partial charge in [0.2, 0.25) is 0 Å². The molecule has 0 aromatic heterocycles. The lowest BCUT2D eigenvalue weighted by atomic mass is 10.1. The van der Waals surface area contributed by atoms with Crippen LogP contribution in [0, 0.1) is 0 Å². The van der Waals surface area contributed by atoms with E-state index in [1.807, 2.05) is 12.1 Å². The molecule has 2 N–H and O–H groups in total. The van der Waals surface area contributed by atoms with Gasteiger partial charge in [0.15, 0.2) is 0 Å². The topological polar surface area (TPSA) is 29.3 Å². The van der Waals surface area contributed by atoms with Gasteiger partial charge in [-0.25, -0.2) is 0 Å². The zero-order chi connectivity index (χ0) is 13.3. The molecular weight excluding hydrogens is 241 g/mol. The minimum absolute atomic E-state index is 0.132. The summed E-state index contributed by atoms with van der Waals surface area (Å²) in [6.45, 7) is 1.31. The Balaban J connectivity index is 2.21. The Morgan fingerprint density at radius 1 is 1.39 bits per heavy atom. The molecule has 1 unspecified atom stereocenters. The van der Waals surface area contributed by atoms with Crippen molar-refractivity contribution in [3.05, 3.63) is 29.3 Å². The number of nitrogens with two attached hydrogens (primary N) is 1. The van der Waals surface area contributed by atoms with Crippen molar-refractivity contribution in [2.75, 3.05) is 18.8 Å². The summed E-state index contributed by atoms with van der Waals surface area (Å²) < 4.78 is 37.6. The van der Waals surface area contributed by atoms with Crippen molar-refractivity contribution in [3.63, 3.8) is 0 Å². The summed E-state index contributed by atoms with van der Waals surface area (Å²) in [4.78, 5) is 1.49. The van der Waals surface area contributed by atoms with E-state index >= 15 is 0 Å². The Kier molecular flexibility index (Phi) is 3.52. The van der Waals surface area contributed by atoms with Crippen molar-refractivity contribution in [2.45, 2.75) is 32.0 Å². The summed E-state index contributed by atoms with van der Waals surface area (Å²) in [6.07, 6.45) is -2.60. The minimum atomic E-state index is -4.15. The third kappa shape index (κ3) is 2.77. The summed E-state index contributed by atoms with van der Waals surface area (Å²) in [6, 6.07) is 5.36. The second kappa shape index (κ2) is 4.80. The molecule has 5 heteroatoms. The number of rotatable bonds is 3. The summed E-state index contributed by atoms with van der Waals surface area (Å²) >= 11 is 0. The van der Waals surface area contributed by atoms with Crippen LogP contribution in [-0.2, 0) is 6.42 Å².